The highest BCUT2D eigenvalue weighted by Gasteiger charge is 2.36. The van der Waals surface area contributed by atoms with E-state index in [4.69, 9.17) is 26.6 Å². The molecule has 15 heteroatoms. The molecule has 1 heterocycles. The fraction of sp³-hybridized carbons (Fsp3) is 0.909. The Morgan fingerprint density at radius 3 is 0.708 bits per heavy atom. The Kier molecular flexibility index (Phi) is 18.7. The van der Waals surface area contributed by atoms with Gasteiger partial charge in [-0.05, 0) is 140 Å². The molecule has 1 aromatic heterocycles. The lowest BCUT2D eigenvalue weighted by Gasteiger charge is -2.31. The molecule has 0 aliphatic rings. The maximum absolute atomic E-state index is 13.8. The van der Waals surface area contributed by atoms with E-state index in [9.17, 15) is 14.4 Å². The number of aromatic nitrogens is 3. The van der Waals surface area contributed by atoms with Crippen molar-refractivity contribution in [2.45, 2.75) is 196 Å². The normalized spacial score (nSPS) is 13.4. The fourth-order valence-electron chi connectivity index (χ4n) is 6.36. The van der Waals surface area contributed by atoms with Crippen molar-refractivity contribution in [1.82, 2.24) is 13.7 Å². The molecule has 0 saturated carbocycles. The van der Waals surface area contributed by atoms with Crippen LogP contribution in [-0.4, -0.2) is 76.0 Å². The van der Waals surface area contributed by atoms with Crippen molar-refractivity contribution in [1.29, 1.82) is 0 Å². The van der Waals surface area contributed by atoms with Gasteiger partial charge in [-0.3, -0.25) is 0 Å². The predicted octanol–water partition coefficient (Wildman–Crippen LogP) is 6.11. The minimum Gasteiger partial charge on any atom is -0.392 e. The van der Waals surface area contributed by atoms with Crippen LogP contribution in [0.3, 0.4) is 0 Å². The first kappa shape index (κ1) is 44.8. The Balaban J connectivity index is 3.48. The van der Waals surface area contributed by atoms with E-state index >= 15 is 0 Å². The van der Waals surface area contributed by atoms with Gasteiger partial charge < -0.3 is 26.6 Å². The Morgan fingerprint density at radius 2 is 0.562 bits per heavy atom. The third kappa shape index (κ3) is 15.8. The van der Waals surface area contributed by atoms with E-state index in [-0.39, 0.29) is 56.3 Å². The molecule has 48 heavy (non-hydrogen) atoms. The zero-order valence-corrected chi connectivity index (χ0v) is 35.8. The first-order chi connectivity index (χ1) is 22.0. The van der Waals surface area contributed by atoms with Crippen molar-refractivity contribution >= 4 is 25.7 Å². The van der Waals surface area contributed by atoms with Gasteiger partial charge in [-0.25, -0.2) is 28.1 Å². The molecular formula is C33H69N3O9Si3. The molecule has 0 aliphatic carbocycles. The second kappa shape index (κ2) is 20.0. The van der Waals surface area contributed by atoms with Gasteiger partial charge in [0.25, 0.3) is 0 Å². The van der Waals surface area contributed by atoms with Gasteiger partial charge in [0, 0.05) is 56.3 Å². The zero-order valence-electron chi connectivity index (χ0n) is 32.8. The molecule has 0 N–H and O–H groups in total. The summed E-state index contributed by atoms with van der Waals surface area (Å²) in [6.45, 7) is 30.3. The summed E-state index contributed by atoms with van der Waals surface area (Å²) in [6.07, 6.45) is 1.44. The van der Waals surface area contributed by atoms with Crippen LogP contribution in [0.2, 0.25) is 37.8 Å². The second-order valence-electron chi connectivity index (χ2n) is 15.0. The Hall–Kier alpha value is -1.18. The minimum atomic E-state index is -2.58. The Morgan fingerprint density at radius 1 is 0.396 bits per heavy atom. The molecule has 0 aliphatic heterocycles. The van der Waals surface area contributed by atoms with Crippen LogP contribution in [0.25, 0.3) is 0 Å². The van der Waals surface area contributed by atoms with Gasteiger partial charge in [-0.1, -0.05) is 0 Å². The third-order valence-electron chi connectivity index (χ3n) is 7.33. The molecule has 12 nitrogen and oxygen atoms in total. The fourth-order valence-corrected chi connectivity index (χ4v) is 15.6. The standard InChI is InChI=1S/C33H69N3O9Si3/c1-25(2)40-46(13,41-26(3)4)22-16-19-34-31(37)35(20-17-23-47(14,42-27(5)6)43-28(7)8)33(39)36(32(34)38)21-18-24-48(15,44-29(9)10)45-30(11)12/h25-30H,16-24H2,1-15H3. The van der Waals surface area contributed by atoms with Gasteiger partial charge in [0.15, 0.2) is 0 Å². The van der Waals surface area contributed by atoms with Gasteiger partial charge in [-0.15, -0.1) is 0 Å². The van der Waals surface area contributed by atoms with Gasteiger partial charge in [0.1, 0.15) is 0 Å². The van der Waals surface area contributed by atoms with Crippen molar-refractivity contribution in [2.75, 3.05) is 0 Å². The summed E-state index contributed by atoms with van der Waals surface area (Å²) in [7, 11) is -7.74. The van der Waals surface area contributed by atoms with Crippen molar-refractivity contribution in [2.24, 2.45) is 0 Å². The lowest BCUT2D eigenvalue weighted by atomic mass is 10.4. The molecule has 0 fully saturated rings. The van der Waals surface area contributed by atoms with Crippen LogP contribution >= 0.6 is 0 Å². The van der Waals surface area contributed by atoms with Gasteiger partial charge in [-0.2, -0.15) is 0 Å². The number of hydrogen-bond acceptors (Lipinski definition) is 9. The molecule has 0 saturated heterocycles. The number of hydrogen-bond donors (Lipinski definition) is 0. The van der Waals surface area contributed by atoms with E-state index in [1.54, 1.807) is 0 Å². The third-order valence-corrected chi connectivity index (χ3v) is 16.9. The Labute approximate surface area is 293 Å². The quantitative estimate of drug-likeness (QED) is 0.116. The van der Waals surface area contributed by atoms with Crippen LogP contribution in [0.5, 0.6) is 0 Å². The van der Waals surface area contributed by atoms with Crippen LogP contribution in [0, 0.1) is 0 Å². The lowest BCUT2D eigenvalue weighted by Crippen LogP contribution is -2.55. The van der Waals surface area contributed by atoms with E-state index in [1.165, 1.54) is 13.7 Å². The topological polar surface area (TPSA) is 121 Å². The van der Waals surface area contributed by atoms with Crippen LogP contribution in [-0.2, 0) is 46.2 Å². The van der Waals surface area contributed by atoms with Crippen molar-refractivity contribution in [3.63, 3.8) is 0 Å². The smallest absolute Gasteiger partial charge is 0.336 e. The summed E-state index contributed by atoms with van der Waals surface area (Å²) < 4.78 is 41.1. The average Bonchev–Trinajstić information content (AvgIpc) is 2.87. The SMILES string of the molecule is CC(C)O[Si](C)(CCCn1c(=O)n(CCC[Si](C)(OC(C)C)OC(C)C)c(=O)n(CCC[Si](C)(OC(C)C)OC(C)C)c1=O)OC(C)C. The summed E-state index contributed by atoms with van der Waals surface area (Å²) in [5.74, 6) is 0. The molecule has 0 spiro atoms. The van der Waals surface area contributed by atoms with Gasteiger partial charge >= 0.3 is 42.8 Å². The van der Waals surface area contributed by atoms with Crippen molar-refractivity contribution in [3.8, 4) is 0 Å². The van der Waals surface area contributed by atoms with Gasteiger partial charge in [0.05, 0.1) is 0 Å². The lowest BCUT2D eigenvalue weighted by molar-refractivity contribution is 0.108. The molecule has 0 aromatic carbocycles. The van der Waals surface area contributed by atoms with Crippen LogP contribution < -0.4 is 17.1 Å². The summed E-state index contributed by atoms with van der Waals surface area (Å²) in [5, 5.41) is 0. The van der Waals surface area contributed by atoms with E-state index in [1.807, 2.05) is 103 Å². The maximum Gasteiger partial charge on any atom is 0.336 e. The zero-order chi connectivity index (χ0) is 37.0. The maximum atomic E-state index is 13.8. The van der Waals surface area contributed by atoms with E-state index < -0.39 is 42.8 Å². The van der Waals surface area contributed by atoms with E-state index in [0.29, 0.717) is 37.4 Å². The summed E-state index contributed by atoms with van der Waals surface area (Å²) >= 11 is 0. The minimum absolute atomic E-state index is 0.00977. The Bertz CT molecular complexity index is 1060. The molecular weight excluding hydrogens is 667 g/mol. The van der Waals surface area contributed by atoms with E-state index in [0.717, 1.165) is 0 Å². The predicted molar refractivity (Wildman–Crippen MR) is 200 cm³/mol. The van der Waals surface area contributed by atoms with Gasteiger partial charge in [0.2, 0.25) is 0 Å². The molecule has 1 aromatic rings. The molecule has 1 rings (SSSR count). The summed E-state index contributed by atoms with van der Waals surface area (Å²) in [4.78, 5) is 41.5. The van der Waals surface area contributed by atoms with Crippen LogP contribution in [0.4, 0.5) is 0 Å². The van der Waals surface area contributed by atoms with Crippen LogP contribution in [0.15, 0.2) is 14.4 Å². The molecule has 0 amide bonds. The van der Waals surface area contributed by atoms with Crippen molar-refractivity contribution < 1.29 is 26.6 Å². The van der Waals surface area contributed by atoms with Crippen molar-refractivity contribution in [3.05, 3.63) is 31.5 Å². The molecule has 0 bridgehead atoms. The molecule has 0 unspecified atom stereocenters. The summed E-state index contributed by atoms with van der Waals surface area (Å²) in [5.41, 5.74) is -1.78. The largest absolute Gasteiger partial charge is 0.392 e. The first-order valence-corrected chi connectivity index (χ1v) is 25.6. The monoisotopic (exact) mass is 735 g/mol. The molecule has 0 radical (unpaired) electrons. The second-order valence-corrected chi connectivity index (χ2v) is 24.7. The van der Waals surface area contributed by atoms with Crippen LogP contribution in [0.1, 0.15) is 102 Å². The average molecular weight is 736 g/mol. The molecule has 0 atom stereocenters. The highest BCUT2D eigenvalue weighted by atomic mass is 28.4. The molecule has 282 valence electrons. The summed E-state index contributed by atoms with van der Waals surface area (Å²) in [6, 6.07) is 1.79. The highest BCUT2D eigenvalue weighted by Crippen LogP contribution is 2.23. The first-order valence-electron chi connectivity index (χ1n) is 18.0. The number of rotatable bonds is 24. The highest BCUT2D eigenvalue weighted by molar-refractivity contribution is 6.66. The van der Waals surface area contributed by atoms with E-state index in [2.05, 4.69) is 0 Å². The number of nitrogens with zero attached hydrogens (tertiary/aromatic N) is 3.